The fourth-order valence-corrected chi connectivity index (χ4v) is 3.17. The van der Waals surface area contributed by atoms with Gasteiger partial charge in [-0.25, -0.2) is 0 Å². The Kier molecular flexibility index (Phi) is 6.68. The number of nitrogens with one attached hydrogen (secondary N) is 1. The summed E-state index contributed by atoms with van der Waals surface area (Å²) in [4.78, 5) is 14.8. The van der Waals surface area contributed by atoms with Crippen LogP contribution in [0.2, 0.25) is 0 Å². The number of nitro benzene ring substituents is 1. The highest BCUT2D eigenvalue weighted by Crippen LogP contribution is 2.20. The van der Waals surface area contributed by atoms with Crippen LogP contribution in [0.4, 0.5) is 5.69 Å². The zero-order chi connectivity index (χ0) is 19.1. The van der Waals surface area contributed by atoms with E-state index in [0.717, 1.165) is 35.1 Å². The van der Waals surface area contributed by atoms with Crippen molar-refractivity contribution < 1.29 is 4.92 Å². The number of aromatic nitrogens is 1. The number of hydrogen-bond acceptors (Lipinski definition) is 4. The second-order valence-corrected chi connectivity index (χ2v) is 7.17. The molecule has 0 fully saturated rings. The third kappa shape index (κ3) is 5.70. The van der Waals surface area contributed by atoms with Crippen LogP contribution in [0.15, 0.2) is 77.4 Å². The topological polar surface area (TPSA) is 68.1 Å². The average Bonchev–Trinajstić information content (AvgIpc) is 2.69. The predicted molar refractivity (Wildman–Crippen MR) is 110 cm³/mol. The summed E-state index contributed by atoms with van der Waals surface area (Å²) in [7, 11) is 0. The summed E-state index contributed by atoms with van der Waals surface area (Å²) in [5.41, 5.74) is 3.43. The molecular formula is C21H20BrN3O2. The summed E-state index contributed by atoms with van der Waals surface area (Å²) in [5, 5.41) is 14.4. The molecule has 138 valence electrons. The van der Waals surface area contributed by atoms with Crippen molar-refractivity contribution in [1.82, 2.24) is 10.3 Å². The summed E-state index contributed by atoms with van der Waals surface area (Å²) < 4.78 is 1.05. The Hall–Kier alpha value is -2.57. The van der Waals surface area contributed by atoms with Crippen molar-refractivity contribution in [2.75, 3.05) is 6.54 Å². The van der Waals surface area contributed by atoms with Crippen molar-refractivity contribution >= 4 is 21.6 Å². The van der Waals surface area contributed by atoms with Gasteiger partial charge in [0.05, 0.1) is 4.92 Å². The van der Waals surface area contributed by atoms with E-state index < -0.39 is 0 Å². The highest BCUT2D eigenvalue weighted by Gasteiger charge is 2.13. The van der Waals surface area contributed by atoms with Crippen molar-refractivity contribution in [1.29, 1.82) is 0 Å². The van der Waals surface area contributed by atoms with E-state index in [4.69, 9.17) is 0 Å². The molecule has 1 aromatic heterocycles. The lowest BCUT2D eigenvalue weighted by Crippen LogP contribution is -2.26. The third-order valence-corrected chi connectivity index (χ3v) is 4.89. The smallest absolute Gasteiger partial charge is 0.269 e. The van der Waals surface area contributed by atoms with Gasteiger partial charge < -0.3 is 5.32 Å². The molecule has 1 unspecified atom stereocenters. The Morgan fingerprint density at radius 3 is 2.41 bits per heavy atom. The van der Waals surface area contributed by atoms with E-state index in [1.165, 1.54) is 5.56 Å². The highest BCUT2D eigenvalue weighted by atomic mass is 79.9. The lowest BCUT2D eigenvalue weighted by atomic mass is 10.0. The van der Waals surface area contributed by atoms with Crippen LogP contribution in [0.25, 0.3) is 0 Å². The van der Waals surface area contributed by atoms with E-state index >= 15 is 0 Å². The van der Waals surface area contributed by atoms with E-state index in [9.17, 15) is 10.1 Å². The van der Waals surface area contributed by atoms with Crippen LogP contribution in [0.1, 0.15) is 22.9 Å². The van der Waals surface area contributed by atoms with Crippen LogP contribution in [-0.4, -0.2) is 16.5 Å². The zero-order valence-electron chi connectivity index (χ0n) is 14.7. The number of hydrogen-bond donors (Lipinski definition) is 1. The summed E-state index contributed by atoms with van der Waals surface area (Å²) in [5.74, 6) is 0. The summed E-state index contributed by atoms with van der Waals surface area (Å²) in [6.07, 6.45) is 3.40. The van der Waals surface area contributed by atoms with E-state index in [2.05, 4.69) is 38.4 Å². The van der Waals surface area contributed by atoms with Gasteiger partial charge in [-0.3, -0.25) is 15.1 Å². The first kappa shape index (κ1) is 19.2. The second-order valence-electron chi connectivity index (χ2n) is 6.26. The maximum atomic E-state index is 10.8. The number of nitrogens with zero attached hydrogens (tertiary/aromatic N) is 2. The van der Waals surface area contributed by atoms with E-state index in [-0.39, 0.29) is 16.7 Å². The van der Waals surface area contributed by atoms with Crippen molar-refractivity contribution in [2.24, 2.45) is 0 Å². The molecule has 1 N–H and O–H groups in total. The Morgan fingerprint density at radius 2 is 1.78 bits per heavy atom. The molecule has 1 heterocycles. The number of non-ortho nitro benzene ring substituents is 1. The molecule has 6 heteroatoms. The first-order chi connectivity index (χ1) is 13.1. The highest BCUT2D eigenvalue weighted by molar-refractivity contribution is 9.10. The molecule has 0 saturated heterocycles. The average molecular weight is 426 g/mol. The number of rotatable bonds is 8. The van der Waals surface area contributed by atoms with Gasteiger partial charge in [-0.05, 0) is 48.4 Å². The molecule has 0 aliphatic rings. The predicted octanol–water partition coefficient (Wildman–Crippen LogP) is 4.87. The maximum absolute atomic E-state index is 10.8. The van der Waals surface area contributed by atoms with Gasteiger partial charge >= 0.3 is 0 Å². The van der Waals surface area contributed by atoms with Gasteiger partial charge in [-0.15, -0.1) is 0 Å². The minimum atomic E-state index is -0.377. The molecule has 27 heavy (non-hydrogen) atoms. The van der Waals surface area contributed by atoms with Crippen LogP contribution in [0.5, 0.6) is 0 Å². The summed E-state index contributed by atoms with van der Waals surface area (Å²) in [6, 6.07) is 21.1. The molecule has 3 aromatic rings. The standard InChI is InChI=1S/C21H20BrN3O2/c22-18-8-6-17(7-9-18)21(15-19-3-1-2-13-23-19)24-14-12-16-4-10-20(11-5-16)25(26)27/h1-11,13,21,24H,12,14-15H2. The number of nitro groups is 1. The summed E-state index contributed by atoms with van der Waals surface area (Å²) >= 11 is 3.48. The van der Waals surface area contributed by atoms with Crippen molar-refractivity contribution in [2.45, 2.75) is 18.9 Å². The number of pyridine rings is 1. The lowest BCUT2D eigenvalue weighted by molar-refractivity contribution is -0.384. The van der Waals surface area contributed by atoms with Crippen LogP contribution < -0.4 is 5.32 Å². The molecule has 0 saturated carbocycles. The fraction of sp³-hybridized carbons (Fsp3) is 0.190. The molecule has 0 amide bonds. The van der Waals surface area contributed by atoms with Gasteiger partial charge in [0.25, 0.3) is 5.69 Å². The number of halogens is 1. The van der Waals surface area contributed by atoms with Crippen LogP contribution in [0, 0.1) is 10.1 Å². The molecular weight excluding hydrogens is 406 g/mol. The monoisotopic (exact) mass is 425 g/mol. The minimum Gasteiger partial charge on any atom is -0.309 e. The van der Waals surface area contributed by atoms with Gasteiger partial charge in [-0.1, -0.05) is 46.3 Å². The molecule has 1 atom stereocenters. The van der Waals surface area contributed by atoms with Crippen LogP contribution in [-0.2, 0) is 12.8 Å². The molecule has 0 aliphatic heterocycles. The fourth-order valence-electron chi connectivity index (χ4n) is 2.91. The summed E-state index contributed by atoms with van der Waals surface area (Å²) in [6.45, 7) is 0.769. The number of benzene rings is 2. The molecule has 3 rings (SSSR count). The Bertz CT molecular complexity index is 868. The SMILES string of the molecule is O=[N+]([O-])c1ccc(CCNC(Cc2ccccn2)c2ccc(Br)cc2)cc1. The first-order valence-electron chi connectivity index (χ1n) is 8.74. The van der Waals surface area contributed by atoms with Gasteiger partial charge in [-0.2, -0.15) is 0 Å². The van der Waals surface area contributed by atoms with Crippen molar-refractivity contribution in [3.05, 3.63) is 104 Å². The van der Waals surface area contributed by atoms with Crippen molar-refractivity contribution in [3.63, 3.8) is 0 Å². The van der Waals surface area contributed by atoms with E-state index in [0.29, 0.717) is 0 Å². The maximum Gasteiger partial charge on any atom is 0.269 e. The Morgan fingerprint density at radius 1 is 1.04 bits per heavy atom. The van der Waals surface area contributed by atoms with E-state index in [1.54, 1.807) is 12.1 Å². The normalized spacial score (nSPS) is 11.9. The molecule has 5 nitrogen and oxygen atoms in total. The molecule has 0 spiro atoms. The van der Waals surface area contributed by atoms with Gasteiger partial charge in [0.2, 0.25) is 0 Å². The Balaban J connectivity index is 1.65. The molecule has 0 radical (unpaired) electrons. The second kappa shape index (κ2) is 9.39. The largest absolute Gasteiger partial charge is 0.309 e. The quantitative estimate of drug-likeness (QED) is 0.412. The van der Waals surface area contributed by atoms with E-state index in [1.807, 2.05) is 48.7 Å². The molecule has 0 aliphatic carbocycles. The van der Waals surface area contributed by atoms with Gasteiger partial charge in [0, 0.05) is 41.0 Å². The van der Waals surface area contributed by atoms with Crippen molar-refractivity contribution in [3.8, 4) is 0 Å². The van der Waals surface area contributed by atoms with Gasteiger partial charge in [0.1, 0.15) is 0 Å². The minimum absolute atomic E-state index is 0.120. The first-order valence-corrected chi connectivity index (χ1v) is 9.53. The van der Waals surface area contributed by atoms with Gasteiger partial charge in [0.15, 0.2) is 0 Å². The van der Waals surface area contributed by atoms with Crippen LogP contribution in [0.3, 0.4) is 0 Å². The lowest BCUT2D eigenvalue weighted by Gasteiger charge is -2.19. The molecule has 2 aromatic carbocycles. The zero-order valence-corrected chi connectivity index (χ0v) is 16.3. The Labute approximate surface area is 166 Å². The third-order valence-electron chi connectivity index (χ3n) is 4.36. The van der Waals surface area contributed by atoms with Crippen LogP contribution >= 0.6 is 15.9 Å². The molecule has 0 bridgehead atoms.